The first-order valence-electron chi connectivity index (χ1n) is 4.57. The summed E-state index contributed by atoms with van der Waals surface area (Å²) in [5.74, 6) is 4.19. The zero-order valence-electron chi connectivity index (χ0n) is 6.51. The second kappa shape index (κ2) is 1.49. The van der Waals surface area contributed by atoms with Crippen LogP contribution in [0.3, 0.4) is 0 Å². The highest BCUT2D eigenvalue weighted by Gasteiger charge is 2.48. The molecule has 4 aliphatic carbocycles. The molecule has 0 aromatic heterocycles. The third-order valence-electron chi connectivity index (χ3n) is 4.05. The molecule has 0 aromatic carbocycles. The van der Waals surface area contributed by atoms with Gasteiger partial charge in [-0.3, -0.25) is 0 Å². The minimum absolute atomic E-state index is 0.997. The van der Waals surface area contributed by atoms with Crippen LogP contribution in [0.4, 0.5) is 0 Å². The molecule has 0 spiro atoms. The molecule has 4 atom stereocenters. The Labute approximate surface area is 62.3 Å². The summed E-state index contributed by atoms with van der Waals surface area (Å²) in [6.45, 7) is 2.45. The van der Waals surface area contributed by atoms with Crippen LogP contribution in [0.2, 0.25) is 0 Å². The molecule has 4 unspecified atom stereocenters. The molecule has 2 saturated carbocycles. The van der Waals surface area contributed by atoms with Crippen LogP contribution in [0.1, 0.15) is 26.2 Å². The molecule has 4 aliphatic rings. The molecule has 54 valence electrons. The van der Waals surface area contributed by atoms with E-state index in [0.29, 0.717) is 0 Å². The van der Waals surface area contributed by atoms with Gasteiger partial charge in [-0.2, -0.15) is 0 Å². The van der Waals surface area contributed by atoms with Crippen LogP contribution in [0, 0.1) is 23.7 Å². The van der Waals surface area contributed by atoms with Gasteiger partial charge in [0, 0.05) is 0 Å². The summed E-state index contributed by atoms with van der Waals surface area (Å²) in [7, 11) is 0. The summed E-state index contributed by atoms with van der Waals surface area (Å²) < 4.78 is 0. The van der Waals surface area contributed by atoms with Crippen molar-refractivity contribution >= 4 is 0 Å². The van der Waals surface area contributed by atoms with Crippen LogP contribution < -0.4 is 0 Å². The molecule has 0 aliphatic heterocycles. The van der Waals surface area contributed by atoms with Gasteiger partial charge in [-0.05, 0) is 42.9 Å². The Kier molecular flexibility index (Phi) is 0.805. The van der Waals surface area contributed by atoms with Crippen molar-refractivity contribution in [1.29, 1.82) is 0 Å². The highest BCUT2D eigenvalue weighted by atomic mass is 14.5. The fourth-order valence-corrected chi connectivity index (χ4v) is 3.06. The Balaban J connectivity index is 1.98. The van der Waals surface area contributed by atoms with Gasteiger partial charge in [-0.25, -0.2) is 0 Å². The minimum atomic E-state index is 0.997. The molecule has 2 bridgehead atoms. The van der Waals surface area contributed by atoms with Gasteiger partial charge in [-0.15, -0.1) is 0 Å². The van der Waals surface area contributed by atoms with E-state index >= 15 is 0 Å². The molecule has 0 heterocycles. The van der Waals surface area contributed by atoms with Gasteiger partial charge in [0.15, 0.2) is 0 Å². The Morgan fingerprint density at radius 1 is 1.40 bits per heavy atom. The monoisotopic (exact) mass is 134 g/mol. The molecule has 2 fully saturated rings. The van der Waals surface area contributed by atoms with Crippen LogP contribution in [0.15, 0.2) is 11.6 Å². The molecule has 10 heavy (non-hydrogen) atoms. The van der Waals surface area contributed by atoms with E-state index in [1.165, 1.54) is 19.3 Å². The van der Waals surface area contributed by atoms with E-state index in [4.69, 9.17) is 0 Å². The van der Waals surface area contributed by atoms with Crippen LogP contribution in [0.5, 0.6) is 0 Å². The van der Waals surface area contributed by atoms with Crippen molar-refractivity contribution < 1.29 is 0 Å². The lowest BCUT2D eigenvalue weighted by molar-refractivity contribution is 0.0568. The number of rotatable bonds is 0. The van der Waals surface area contributed by atoms with Crippen molar-refractivity contribution in [2.45, 2.75) is 26.2 Å². The van der Waals surface area contributed by atoms with Crippen molar-refractivity contribution in [1.82, 2.24) is 0 Å². The normalized spacial score (nSPS) is 55.9. The van der Waals surface area contributed by atoms with Crippen LogP contribution >= 0.6 is 0 Å². The summed E-state index contributed by atoms with van der Waals surface area (Å²) in [5, 5.41) is 0. The third-order valence-corrected chi connectivity index (χ3v) is 4.05. The average molecular weight is 134 g/mol. The lowest BCUT2D eigenvalue weighted by Gasteiger charge is -2.54. The van der Waals surface area contributed by atoms with Crippen LogP contribution in [0.25, 0.3) is 0 Å². The first-order chi connectivity index (χ1) is 4.86. The van der Waals surface area contributed by atoms with Crippen molar-refractivity contribution in [2.75, 3.05) is 0 Å². The number of hydrogen-bond donors (Lipinski definition) is 0. The van der Waals surface area contributed by atoms with E-state index in [0.717, 1.165) is 23.7 Å². The lowest BCUT2D eigenvalue weighted by Crippen LogP contribution is -2.45. The molecule has 0 heteroatoms. The predicted octanol–water partition coefficient (Wildman–Crippen LogP) is 2.61. The minimum Gasteiger partial charge on any atom is -0.0813 e. The van der Waals surface area contributed by atoms with Crippen molar-refractivity contribution in [3.05, 3.63) is 11.6 Å². The number of hydrogen-bond acceptors (Lipinski definition) is 0. The summed E-state index contributed by atoms with van der Waals surface area (Å²) in [6.07, 6.45) is 7.04. The maximum atomic E-state index is 2.55. The Bertz CT molecular complexity index is 202. The third kappa shape index (κ3) is 0.426. The van der Waals surface area contributed by atoms with Crippen molar-refractivity contribution in [3.8, 4) is 0 Å². The topological polar surface area (TPSA) is 0 Å². The lowest BCUT2D eigenvalue weighted by atomic mass is 9.50. The van der Waals surface area contributed by atoms with E-state index in [9.17, 15) is 0 Å². The smallest absolute Gasteiger partial charge is 0.0165 e. The predicted molar refractivity (Wildman–Crippen MR) is 41.6 cm³/mol. The quantitative estimate of drug-likeness (QED) is 0.447. The molecule has 0 radical (unpaired) electrons. The van der Waals surface area contributed by atoms with Gasteiger partial charge in [0.05, 0.1) is 0 Å². The maximum absolute atomic E-state index is 2.55. The molecule has 0 aromatic rings. The Morgan fingerprint density at radius 3 is 2.60 bits per heavy atom. The molecule has 0 saturated heterocycles. The zero-order chi connectivity index (χ0) is 6.72. The fourth-order valence-electron chi connectivity index (χ4n) is 3.06. The number of allylic oxidation sites excluding steroid dienone is 2. The largest absolute Gasteiger partial charge is 0.0813 e. The second-order valence-corrected chi connectivity index (χ2v) is 4.32. The molecule has 4 rings (SSSR count). The molecule has 0 nitrogen and oxygen atoms in total. The zero-order valence-corrected chi connectivity index (χ0v) is 6.51. The maximum Gasteiger partial charge on any atom is -0.0165 e. The van der Waals surface area contributed by atoms with E-state index < -0.39 is 0 Å². The van der Waals surface area contributed by atoms with Gasteiger partial charge < -0.3 is 0 Å². The molecular formula is C10H14. The molecular weight excluding hydrogens is 120 g/mol. The Hall–Kier alpha value is -0.260. The second-order valence-electron chi connectivity index (χ2n) is 4.32. The van der Waals surface area contributed by atoms with Gasteiger partial charge in [0.25, 0.3) is 0 Å². The van der Waals surface area contributed by atoms with Gasteiger partial charge in [0.1, 0.15) is 0 Å². The van der Waals surface area contributed by atoms with E-state index in [1.54, 1.807) is 0 Å². The highest BCUT2D eigenvalue weighted by molar-refractivity contribution is 5.28. The summed E-state index contributed by atoms with van der Waals surface area (Å²) in [4.78, 5) is 0. The van der Waals surface area contributed by atoms with E-state index in [2.05, 4.69) is 13.0 Å². The standard InChI is InChI=1S/C10H14/c1-6-7-4-8(5-7)10-3-2-9(6)10/h4,6-7,9-10H,2-3,5H2,1H3. The van der Waals surface area contributed by atoms with Crippen molar-refractivity contribution in [2.24, 2.45) is 23.7 Å². The van der Waals surface area contributed by atoms with Crippen molar-refractivity contribution in [3.63, 3.8) is 0 Å². The fraction of sp³-hybridized carbons (Fsp3) is 0.800. The van der Waals surface area contributed by atoms with Gasteiger partial charge in [-0.1, -0.05) is 18.6 Å². The molecule has 0 amide bonds. The summed E-state index contributed by atoms with van der Waals surface area (Å²) in [6, 6.07) is 0. The summed E-state index contributed by atoms with van der Waals surface area (Å²) in [5.41, 5.74) is 1.82. The average Bonchev–Trinajstić information content (AvgIpc) is 1.69. The van der Waals surface area contributed by atoms with Crippen LogP contribution in [-0.4, -0.2) is 0 Å². The Morgan fingerprint density at radius 2 is 2.20 bits per heavy atom. The highest BCUT2D eigenvalue weighted by Crippen LogP contribution is 2.58. The van der Waals surface area contributed by atoms with Crippen LogP contribution in [-0.2, 0) is 0 Å². The van der Waals surface area contributed by atoms with E-state index in [1.807, 2.05) is 5.57 Å². The van der Waals surface area contributed by atoms with Gasteiger partial charge >= 0.3 is 0 Å². The first-order valence-corrected chi connectivity index (χ1v) is 4.57. The van der Waals surface area contributed by atoms with Gasteiger partial charge in [0.2, 0.25) is 0 Å². The molecule has 0 N–H and O–H groups in total. The van der Waals surface area contributed by atoms with E-state index in [-0.39, 0.29) is 0 Å². The SMILES string of the molecule is CC1C2C=C(C2)C2CCC21. The summed E-state index contributed by atoms with van der Waals surface area (Å²) >= 11 is 0. The first kappa shape index (κ1) is 5.40.